The molecule has 0 N–H and O–H groups in total. The monoisotopic (exact) mass is 259 g/mol. The average molecular weight is 259 g/mol. The minimum Gasteiger partial charge on any atom is -0.292 e. The first-order valence-electron chi connectivity index (χ1n) is 5.82. The van der Waals surface area contributed by atoms with Crippen LogP contribution in [0.25, 0.3) is 0 Å². The first-order chi connectivity index (χ1) is 8.24. The molecule has 0 saturated carbocycles. The Hall–Kier alpha value is -1.39. The molecule has 1 rings (SSSR count). The summed E-state index contributed by atoms with van der Waals surface area (Å²) in [5.74, 6) is -0.335. The quantitative estimate of drug-likeness (QED) is 0.762. The van der Waals surface area contributed by atoms with Gasteiger partial charge in [0.05, 0.1) is 5.56 Å². The van der Waals surface area contributed by atoms with Crippen LogP contribution in [0.15, 0.2) is 18.3 Å². The van der Waals surface area contributed by atoms with Crippen molar-refractivity contribution in [1.29, 1.82) is 0 Å². The van der Waals surface area contributed by atoms with Gasteiger partial charge in [0.2, 0.25) is 0 Å². The van der Waals surface area contributed by atoms with Gasteiger partial charge in [-0.1, -0.05) is 20.8 Å². The van der Waals surface area contributed by atoms with Crippen LogP contribution in [0.2, 0.25) is 0 Å². The molecule has 0 spiro atoms. The highest BCUT2D eigenvalue weighted by Crippen LogP contribution is 2.32. The number of pyridine rings is 1. The predicted molar refractivity (Wildman–Crippen MR) is 62.3 cm³/mol. The lowest BCUT2D eigenvalue weighted by Gasteiger charge is -2.24. The van der Waals surface area contributed by atoms with Gasteiger partial charge in [0.25, 0.3) is 0 Å². The van der Waals surface area contributed by atoms with Crippen LogP contribution in [0, 0.1) is 5.41 Å². The van der Waals surface area contributed by atoms with Gasteiger partial charge in [0.1, 0.15) is 5.69 Å². The van der Waals surface area contributed by atoms with E-state index in [0.29, 0.717) is 12.8 Å². The zero-order valence-corrected chi connectivity index (χ0v) is 10.6. The van der Waals surface area contributed by atoms with E-state index in [9.17, 15) is 18.0 Å². The van der Waals surface area contributed by atoms with E-state index in [1.807, 2.05) is 13.8 Å². The van der Waals surface area contributed by atoms with Gasteiger partial charge in [-0.15, -0.1) is 0 Å². The Balaban J connectivity index is 3.15. The maximum Gasteiger partial charge on any atom is 0.416 e. The lowest BCUT2D eigenvalue weighted by Crippen LogP contribution is -2.27. The Morgan fingerprint density at radius 3 is 2.28 bits per heavy atom. The number of nitrogens with zero attached hydrogens (tertiary/aromatic N) is 1. The summed E-state index contributed by atoms with van der Waals surface area (Å²) in [4.78, 5) is 15.9. The number of rotatable bonds is 4. The van der Waals surface area contributed by atoms with Crippen LogP contribution < -0.4 is 0 Å². The maximum absolute atomic E-state index is 12.6. The van der Waals surface area contributed by atoms with Crippen LogP contribution in [-0.2, 0) is 6.18 Å². The molecular formula is C13H16F3NO. The van der Waals surface area contributed by atoms with Crippen molar-refractivity contribution in [1.82, 2.24) is 4.98 Å². The normalized spacial score (nSPS) is 12.6. The molecule has 0 radical (unpaired) electrons. The van der Waals surface area contributed by atoms with Crippen LogP contribution in [0.5, 0.6) is 0 Å². The molecule has 18 heavy (non-hydrogen) atoms. The third kappa shape index (κ3) is 2.89. The molecular weight excluding hydrogens is 243 g/mol. The van der Waals surface area contributed by atoms with E-state index in [4.69, 9.17) is 0 Å². The lowest BCUT2D eigenvalue weighted by atomic mass is 9.79. The van der Waals surface area contributed by atoms with Crippen molar-refractivity contribution >= 4 is 5.78 Å². The molecule has 0 bridgehead atoms. The van der Waals surface area contributed by atoms with Gasteiger partial charge >= 0.3 is 6.18 Å². The molecule has 0 aliphatic rings. The van der Waals surface area contributed by atoms with Crippen LogP contribution in [-0.4, -0.2) is 10.8 Å². The van der Waals surface area contributed by atoms with Crippen LogP contribution in [0.4, 0.5) is 13.2 Å². The number of alkyl halides is 3. The second kappa shape index (κ2) is 5.08. The van der Waals surface area contributed by atoms with Gasteiger partial charge in [0.15, 0.2) is 5.78 Å². The van der Waals surface area contributed by atoms with Crippen LogP contribution >= 0.6 is 0 Å². The number of carbonyl (C=O) groups excluding carboxylic acids is 1. The summed E-state index contributed by atoms with van der Waals surface area (Å²) in [6.45, 7) is 5.43. The minimum absolute atomic E-state index is 0.115. The highest BCUT2D eigenvalue weighted by molar-refractivity contribution is 5.98. The number of aromatic nitrogens is 1. The molecule has 0 unspecified atom stereocenters. The number of hydrogen-bond donors (Lipinski definition) is 0. The van der Waals surface area contributed by atoms with Crippen molar-refractivity contribution in [2.24, 2.45) is 5.41 Å². The van der Waals surface area contributed by atoms with Crippen molar-refractivity contribution in [3.63, 3.8) is 0 Å². The van der Waals surface area contributed by atoms with Crippen molar-refractivity contribution < 1.29 is 18.0 Å². The molecule has 0 fully saturated rings. The molecule has 0 aliphatic carbocycles. The average Bonchev–Trinajstić information content (AvgIpc) is 2.36. The summed E-state index contributed by atoms with van der Waals surface area (Å²) in [6, 6.07) is 1.69. The van der Waals surface area contributed by atoms with E-state index in [-0.39, 0.29) is 11.5 Å². The Bertz CT molecular complexity index is 436. The second-order valence-corrected chi connectivity index (χ2v) is 4.52. The number of halogens is 3. The molecule has 0 atom stereocenters. The molecule has 1 aromatic heterocycles. The molecule has 0 aromatic carbocycles. The third-order valence-corrected chi connectivity index (χ3v) is 3.43. The van der Waals surface area contributed by atoms with E-state index in [2.05, 4.69) is 4.98 Å². The topological polar surface area (TPSA) is 30.0 Å². The fourth-order valence-corrected chi connectivity index (χ4v) is 1.61. The van der Waals surface area contributed by atoms with Gasteiger partial charge in [-0.3, -0.25) is 9.78 Å². The zero-order chi connectivity index (χ0) is 14.0. The van der Waals surface area contributed by atoms with Crippen molar-refractivity contribution in [2.45, 2.75) is 39.8 Å². The van der Waals surface area contributed by atoms with Crippen molar-refractivity contribution in [3.05, 3.63) is 29.6 Å². The van der Waals surface area contributed by atoms with Gasteiger partial charge < -0.3 is 0 Å². The molecule has 5 heteroatoms. The molecule has 1 heterocycles. The molecule has 2 nitrogen and oxygen atoms in total. The molecule has 0 amide bonds. The second-order valence-electron chi connectivity index (χ2n) is 4.52. The van der Waals surface area contributed by atoms with Crippen LogP contribution in [0.3, 0.4) is 0 Å². The molecule has 0 aliphatic heterocycles. The van der Waals surface area contributed by atoms with Crippen LogP contribution in [0.1, 0.15) is 49.7 Å². The Kier molecular flexibility index (Phi) is 4.14. The molecule has 0 saturated heterocycles. The van der Waals surface area contributed by atoms with Gasteiger partial charge in [0, 0.05) is 11.6 Å². The van der Waals surface area contributed by atoms with E-state index in [1.165, 1.54) is 0 Å². The van der Waals surface area contributed by atoms with Gasteiger partial charge in [-0.05, 0) is 25.0 Å². The van der Waals surface area contributed by atoms with E-state index in [1.54, 1.807) is 6.92 Å². The maximum atomic E-state index is 12.6. The Morgan fingerprint density at radius 1 is 1.28 bits per heavy atom. The Labute approximate surface area is 104 Å². The van der Waals surface area contributed by atoms with Crippen molar-refractivity contribution in [2.75, 3.05) is 0 Å². The number of hydrogen-bond acceptors (Lipinski definition) is 2. The smallest absolute Gasteiger partial charge is 0.292 e. The van der Waals surface area contributed by atoms with E-state index in [0.717, 1.165) is 18.3 Å². The molecule has 1 aromatic rings. The van der Waals surface area contributed by atoms with Crippen molar-refractivity contribution in [3.8, 4) is 0 Å². The number of ketones is 1. The number of Topliss-reactive ketones (excluding diaryl/α,β-unsaturated/α-hetero) is 1. The zero-order valence-electron chi connectivity index (χ0n) is 10.6. The highest BCUT2D eigenvalue weighted by atomic mass is 19.4. The SMILES string of the molecule is CCC(C)(CC)C(=O)c1cc(C(F)(F)F)ccn1. The van der Waals surface area contributed by atoms with Gasteiger partial charge in [-0.25, -0.2) is 0 Å². The fourth-order valence-electron chi connectivity index (χ4n) is 1.61. The third-order valence-electron chi connectivity index (χ3n) is 3.43. The highest BCUT2D eigenvalue weighted by Gasteiger charge is 2.34. The molecule has 100 valence electrons. The summed E-state index contributed by atoms with van der Waals surface area (Å²) < 4.78 is 37.7. The minimum atomic E-state index is -4.45. The summed E-state index contributed by atoms with van der Waals surface area (Å²) >= 11 is 0. The first kappa shape index (κ1) is 14.7. The summed E-state index contributed by atoms with van der Waals surface area (Å²) in [6.07, 6.45) is -2.28. The largest absolute Gasteiger partial charge is 0.416 e. The summed E-state index contributed by atoms with van der Waals surface area (Å²) in [5, 5.41) is 0. The summed E-state index contributed by atoms with van der Waals surface area (Å²) in [5.41, 5.74) is -1.61. The standard InChI is InChI=1S/C13H16F3NO/c1-4-12(3,5-2)11(18)10-8-9(6-7-17-10)13(14,15)16/h6-8H,4-5H2,1-3H3. The summed E-state index contributed by atoms with van der Waals surface area (Å²) in [7, 11) is 0. The fraction of sp³-hybridized carbons (Fsp3) is 0.538. The first-order valence-corrected chi connectivity index (χ1v) is 5.82. The number of carbonyl (C=O) groups is 1. The lowest BCUT2D eigenvalue weighted by molar-refractivity contribution is -0.137. The Morgan fingerprint density at radius 2 is 1.83 bits per heavy atom. The van der Waals surface area contributed by atoms with E-state index < -0.39 is 17.2 Å². The van der Waals surface area contributed by atoms with Gasteiger partial charge in [-0.2, -0.15) is 13.2 Å². The van der Waals surface area contributed by atoms with E-state index >= 15 is 0 Å². The predicted octanol–water partition coefficient (Wildman–Crippen LogP) is 4.11.